The molecule has 4 rings (SSSR count). The van der Waals surface area contributed by atoms with Crippen LogP contribution in [0.2, 0.25) is 0 Å². The summed E-state index contributed by atoms with van der Waals surface area (Å²) in [4.78, 5) is 39.6. The lowest BCUT2D eigenvalue weighted by Gasteiger charge is -2.24. The predicted octanol–water partition coefficient (Wildman–Crippen LogP) is 2.78. The van der Waals surface area contributed by atoms with Crippen LogP contribution in [-0.2, 0) is 9.53 Å². The molecule has 0 bridgehead atoms. The van der Waals surface area contributed by atoms with Gasteiger partial charge in [0, 0.05) is 43.1 Å². The average molecular weight is 472 g/mol. The number of aromatic nitrogens is 2. The Hall–Kier alpha value is -4.42. The SMILES string of the molecule is C#Cc1ccc(NC(=O)N2CC(OC)CC2C(=O)Nc2ccc(-n3nc(C)ccc3=O)cc2)cc1. The summed E-state index contributed by atoms with van der Waals surface area (Å²) in [5.41, 5.74) is 2.85. The number of rotatable bonds is 5. The summed E-state index contributed by atoms with van der Waals surface area (Å²) in [6.07, 6.45) is 5.48. The topological polar surface area (TPSA) is 106 Å². The van der Waals surface area contributed by atoms with Crippen LogP contribution >= 0.6 is 0 Å². The Morgan fingerprint density at radius 2 is 1.69 bits per heavy atom. The highest BCUT2D eigenvalue weighted by atomic mass is 16.5. The van der Waals surface area contributed by atoms with Gasteiger partial charge in [0.05, 0.1) is 17.5 Å². The van der Waals surface area contributed by atoms with E-state index in [1.165, 1.54) is 15.6 Å². The monoisotopic (exact) mass is 471 g/mol. The Morgan fingerprint density at radius 1 is 1.03 bits per heavy atom. The molecule has 3 amide bonds. The molecule has 178 valence electrons. The molecule has 2 atom stereocenters. The number of amides is 3. The second-order valence-corrected chi connectivity index (χ2v) is 8.17. The summed E-state index contributed by atoms with van der Waals surface area (Å²) < 4.78 is 6.72. The van der Waals surface area contributed by atoms with E-state index in [1.54, 1.807) is 68.6 Å². The third kappa shape index (κ3) is 5.39. The first-order valence-electron chi connectivity index (χ1n) is 11.0. The van der Waals surface area contributed by atoms with E-state index in [9.17, 15) is 14.4 Å². The smallest absolute Gasteiger partial charge is 0.322 e. The number of carbonyl (C=O) groups is 2. The first-order valence-corrected chi connectivity index (χ1v) is 11.0. The number of likely N-dealkylation sites (tertiary alicyclic amines) is 1. The average Bonchev–Trinajstić information content (AvgIpc) is 3.32. The van der Waals surface area contributed by atoms with Crippen molar-refractivity contribution in [1.29, 1.82) is 0 Å². The number of hydrogen-bond acceptors (Lipinski definition) is 5. The Kier molecular flexibility index (Phi) is 6.94. The lowest BCUT2D eigenvalue weighted by atomic mass is 10.1. The molecule has 1 aliphatic heterocycles. The first-order chi connectivity index (χ1) is 16.9. The van der Waals surface area contributed by atoms with Crippen molar-refractivity contribution in [3.8, 4) is 18.0 Å². The van der Waals surface area contributed by atoms with Gasteiger partial charge in [0.25, 0.3) is 5.56 Å². The molecule has 35 heavy (non-hydrogen) atoms. The van der Waals surface area contributed by atoms with Crippen molar-refractivity contribution >= 4 is 23.3 Å². The van der Waals surface area contributed by atoms with Gasteiger partial charge in [0.15, 0.2) is 0 Å². The molecule has 3 aromatic rings. The van der Waals surface area contributed by atoms with Crippen LogP contribution < -0.4 is 16.2 Å². The summed E-state index contributed by atoms with van der Waals surface area (Å²) in [5, 5.41) is 9.89. The van der Waals surface area contributed by atoms with Crippen LogP contribution in [0.15, 0.2) is 65.5 Å². The third-order valence-electron chi connectivity index (χ3n) is 5.78. The summed E-state index contributed by atoms with van der Waals surface area (Å²) in [7, 11) is 1.56. The Labute approximate surface area is 202 Å². The molecule has 2 unspecified atom stereocenters. The molecular weight excluding hydrogens is 446 g/mol. The van der Waals surface area contributed by atoms with E-state index in [4.69, 9.17) is 11.2 Å². The molecule has 9 heteroatoms. The molecule has 0 spiro atoms. The van der Waals surface area contributed by atoms with Gasteiger partial charge in [-0.2, -0.15) is 9.78 Å². The molecular formula is C26H25N5O4. The summed E-state index contributed by atoms with van der Waals surface area (Å²) >= 11 is 0. The van der Waals surface area contributed by atoms with E-state index in [1.807, 2.05) is 0 Å². The second kappa shape index (κ2) is 10.2. The number of carbonyl (C=O) groups excluding carboxylic acids is 2. The highest BCUT2D eigenvalue weighted by Gasteiger charge is 2.40. The maximum Gasteiger partial charge on any atom is 0.322 e. The zero-order valence-electron chi connectivity index (χ0n) is 19.4. The van der Waals surface area contributed by atoms with Gasteiger partial charge in [-0.3, -0.25) is 9.59 Å². The van der Waals surface area contributed by atoms with Crippen molar-refractivity contribution in [3.05, 3.63) is 82.3 Å². The minimum Gasteiger partial charge on any atom is -0.380 e. The van der Waals surface area contributed by atoms with Gasteiger partial charge < -0.3 is 20.3 Å². The van der Waals surface area contributed by atoms with Crippen LogP contribution in [0.4, 0.5) is 16.2 Å². The highest BCUT2D eigenvalue weighted by Crippen LogP contribution is 2.23. The molecule has 1 aromatic heterocycles. The first kappa shape index (κ1) is 23.7. The number of hydrogen-bond donors (Lipinski definition) is 2. The number of urea groups is 1. The van der Waals surface area contributed by atoms with Crippen LogP contribution in [0.25, 0.3) is 5.69 Å². The largest absolute Gasteiger partial charge is 0.380 e. The van der Waals surface area contributed by atoms with Crippen molar-refractivity contribution in [2.24, 2.45) is 0 Å². The molecule has 1 saturated heterocycles. The summed E-state index contributed by atoms with van der Waals surface area (Å²) in [6.45, 7) is 2.08. The van der Waals surface area contributed by atoms with Gasteiger partial charge in [-0.25, -0.2) is 4.79 Å². The quantitative estimate of drug-likeness (QED) is 0.557. The minimum atomic E-state index is -0.717. The number of benzene rings is 2. The van der Waals surface area contributed by atoms with Crippen molar-refractivity contribution in [1.82, 2.24) is 14.7 Å². The van der Waals surface area contributed by atoms with Crippen LogP contribution in [0.3, 0.4) is 0 Å². The van der Waals surface area contributed by atoms with Gasteiger partial charge in [-0.15, -0.1) is 6.42 Å². The van der Waals surface area contributed by atoms with Gasteiger partial charge in [0.2, 0.25) is 5.91 Å². The van der Waals surface area contributed by atoms with E-state index >= 15 is 0 Å². The van der Waals surface area contributed by atoms with Gasteiger partial charge in [-0.1, -0.05) is 5.92 Å². The van der Waals surface area contributed by atoms with Crippen molar-refractivity contribution in [3.63, 3.8) is 0 Å². The van der Waals surface area contributed by atoms with Crippen molar-refractivity contribution < 1.29 is 14.3 Å². The Balaban J connectivity index is 1.46. The van der Waals surface area contributed by atoms with Crippen LogP contribution in [-0.4, -0.2) is 52.4 Å². The van der Waals surface area contributed by atoms with Gasteiger partial charge in [0.1, 0.15) is 6.04 Å². The summed E-state index contributed by atoms with van der Waals surface area (Å²) in [6, 6.07) is 15.6. The normalized spacial score (nSPS) is 17.0. The zero-order valence-corrected chi connectivity index (χ0v) is 19.4. The van der Waals surface area contributed by atoms with Gasteiger partial charge >= 0.3 is 6.03 Å². The third-order valence-corrected chi connectivity index (χ3v) is 5.78. The maximum atomic E-state index is 13.1. The Bertz CT molecular complexity index is 1330. The number of nitrogens with zero attached hydrogens (tertiary/aromatic N) is 3. The molecule has 0 aliphatic carbocycles. The lowest BCUT2D eigenvalue weighted by Crippen LogP contribution is -2.45. The number of methoxy groups -OCH3 is 1. The van der Waals surface area contributed by atoms with Crippen molar-refractivity contribution in [2.75, 3.05) is 24.3 Å². The highest BCUT2D eigenvalue weighted by molar-refractivity contribution is 5.99. The van der Waals surface area contributed by atoms with E-state index in [2.05, 4.69) is 21.7 Å². The number of nitrogens with one attached hydrogen (secondary N) is 2. The number of terminal acetylenes is 1. The maximum absolute atomic E-state index is 13.1. The Morgan fingerprint density at radius 3 is 2.34 bits per heavy atom. The van der Waals surface area contributed by atoms with E-state index in [-0.39, 0.29) is 24.1 Å². The fourth-order valence-electron chi connectivity index (χ4n) is 3.89. The van der Waals surface area contributed by atoms with E-state index in [0.717, 1.165) is 0 Å². The molecule has 2 N–H and O–H groups in total. The second-order valence-electron chi connectivity index (χ2n) is 8.17. The number of aryl methyl sites for hydroxylation is 1. The van der Waals surface area contributed by atoms with E-state index in [0.29, 0.717) is 34.7 Å². The summed E-state index contributed by atoms with van der Waals surface area (Å²) in [5.74, 6) is 2.19. The molecule has 1 aliphatic rings. The van der Waals surface area contributed by atoms with Crippen LogP contribution in [0, 0.1) is 19.3 Å². The molecule has 9 nitrogen and oxygen atoms in total. The molecule has 2 aromatic carbocycles. The van der Waals surface area contributed by atoms with Crippen LogP contribution in [0.1, 0.15) is 17.7 Å². The standard InChI is InChI=1S/C26H25N5O4/c1-4-18-6-8-20(9-7-18)28-26(34)30-16-22(35-3)15-23(30)25(33)27-19-10-12-21(13-11-19)31-24(32)14-5-17(2)29-31/h1,5-14,22-23H,15-16H2,2-3H3,(H,27,33)(H,28,34). The fourth-order valence-corrected chi connectivity index (χ4v) is 3.89. The lowest BCUT2D eigenvalue weighted by molar-refractivity contribution is -0.119. The molecule has 2 heterocycles. The van der Waals surface area contributed by atoms with E-state index < -0.39 is 12.1 Å². The molecule has 1 fully saturated rings. The number of anilines is 2. The van der Waals surface area contributed by atoms with Gasteiger partial charge in [-0.05, 0) is 61.5 Å². The van der Waals surface area contributed by atoms with Crippen LogP contribution in [0.5, 0.6) is 0 Å². The molecule has 0 radical (unpaired) electrons. The zero-order chi connectivity index (χ0) is 24.9. The molecule has 0 saturated carbocycles. The minimum absolute atomic E-state index is 0.250. The number of ether oxygens (including phenoxy) is 1. The van der Waals surface area contributed by atoms with Crippen molar-refractivity contribution in [2.45, 2.75) is 25.5 Å². The fraction of sp³-hybridized carbons (Fsp3) is 0.231. The predicted molar refractivity (Wildman–Crippen MR) is 133 cm³/mol.